The van der Waals surface area contributed by atoms with Crippen molar-refractivity contribution in [3.63, 3.8) is 0 Å². The molecule has 2 aromatic carbocycles. The van der Waals surface area contributed by atoms with Crippen LogP contribution >= 0.6 is 0 Å². The Labute approximate surface area is 157 Å². The van der Waals surface area contributed by atoms with Gasteiger partial charge in [-0.3, -0.25) is 15.0 Å². The zero-order chi connectivity index (χ0) is 19.1. The van der Waals surface area contributed by atoms with E-state index in [1.165, 1.54) is 0 Å². The molecule has 140 valence electrons. The number of anilines is 1. The molecule has 1 saturated heterocycles. The number of piperidine rings is 1. The Morgan fingerprint density at radius 2 is 1.56 bits per heavy atom. The second-order valence-electron chi connectivity index (χ2n) is 6.39. The molecule has 1 heterocycles. The fourth-order valence-corrected chi connectivity index (χ4v) is 2.99. The summed E-state index contributed by atoms with van der Waals surface area (Å²) in [6.45, 7) is 0.855. The number of likely N-dealkylation sites (tertiary alicyclic amines) is 1. The zero-order valence-corrected chi connectivity index (χ0v) is 14.9. The molecular formula is C20H22N4O3. The van der Waals surface area contributed by atoms with Crippen LogP contribution in [0.15, 0.2) is 60.7 Å². The number of urea groups is 1. The van der Waals surface area contributed by atoms with Crippen molar-refractivity contribution in [3.05, 3.63) is 66.2 Å². The van der Waals surface area contributed by atoms with Crippen LogP contribution in [0.25, 0.3) is 0 Å². The van der Waals surface area contributed by atoms with Crippen LogP contribution in [-0.4, -0.2) is 35.8 Å². The van der Waals surface area contributed by atoms with Crippen molar-refractivity contribution in [1.29, 1.82) is 0 Å². The molecule has 0 spiro atoms. The van der Waals surface area contributed by atoms with Gasteiger partial charge in [0.05, 0.1) is 5.92 Å². The van der Waals surface area contributed by atoms with Crippen molar-refractivity contribution in [2.45, 2.75) is 12.8 Å². The van der Waals surface area contributed by atoms with Gasteiger partial charge < -0.3 is 10.2 Å². The number of para-hydroxylation sites is 1. The van der Waals surface area contributed by atoms with Gasteiger partial charge in [0.15, 0.2) is 0 Å². The fraction of sp³-hybridized carbons (Fsp3) is 0.250. The Morgan fingerprint density at radius 1 is 0.889 bits per heavy atom. The summed E-state index contributed by atoms with van der Waals surface area (Å²) in [6.07, 6.45) is 1.45. The molecule has 0 aromatic heterocycles. The van der Waals surface area contributed by atoms with Crippen LogP contribution in [0.1, 0.15) is 23.2 Å². The standard InChI is InChI=1S/C20H22N4O3/c25-18(21-17-11-5-2-6-12-17)16-10-7-13-24(14-16)20(27)23-22-19(26)15-8-3-1-4-9-15/h1-6,8-9,11-12,16H,7,10,13-14H2,(H,21,25)(H,22,26)(H,23,27)/t16-/m0/s1. The van der Waals surface area contributed by atoms with E-state index in [9.17, 15) is 14.4 Å². The van der Waals surface area contributed by atoms with Crippen molar-refractivity contribution in [3.8, 4) is 0 Å². The molecule has 1 fully saturated rings. The Balaban J connectivity index is 1.50. The lowest BCUT2D eigenvalue weighted by Gasteiger charge is -2.32. The molecule has 2 aromatic rings. The van der Waals surface area contributed by atoms with Crippen LogP contribution in [0.4, 0.5) is 10.5 Å². The van der Waals surface area contributed by atoms with Crippen molar-refractivity contribution in [1.82, 2.24) is 15.8 Å². The molecule has 0 saturated carbocycles. The minimum atomic E-state index is -0.420. The predicted molar refractivity (Wildman–Crippen MR) is 102 cm³/mol. The van der Waals surface area contributed by atoms with E-state index in [0.29, 0.717) is 18.7 Å². The SMILES string of the molecule is O=C(NNC(=O)N1CCC[C@H](C(=O)Nc2ccccc2)C1)c1ccccc1. The monoisotopic (exact) mass is 366 g/mol. The topological polar surface area (TPSA) is 90.5 Å². The first kappa shape index (κ1) is 18.4. The molecule has 7 heteroatoms. The molecule has 0 aliphatic carbocycles. The number of nitrogens with zero attached hydrogens (tertiary/aromatic N) is 1. The Morgan fingerprint density at radius 3 is 2.26 bits per heavy atom. The van der Waals surface area contributed by atoms with E-state index in [2.05, 4.69) is 16.2 Å². The summed E-state index contributed by atoms with van der Waals surface area (Å²) in [7, 11) is 0. The number of amides is 4. The molecule has 0 bridgehead atoms. The average molecular weight is 366 g/mol. The third-order valence-corrected chi connectivity index (χ3v) is 4.44. The van der Waals surface area contributed by atoms with Gasteiger partial charge in [0.25, 0.3) is 5.91 Å². The molecule has 1 aliphatic heterocycles. The van der Waals surface area contributed by atoms with Gasteiger partial charge in [-0.25, -0.2) is 10.2 Å². The maximum Gasteiger partial charge on any atom is 0.336 e. The average Bonchev–Trinajstić information content (AvgIpc) is 2.73. The van der Waals surface area contributed by atoms with E-state index in [1.54, 1.807) is 29.2 Å². The third kappa shape index (κ3) is 5.07. The van der Waals surface area contributed by atoms with Gasteiger partial charge in [-0.05, 0) is 37.1 Å². The maximum atomic E-state index is 12.4. The van der Waals surface area contributed by atoms with Crippen LogP contribution in [0.2, 0.25) is 0 Å². The first-order chi connectivity index (χ1) is 13.1. The number of hydrazine groups is 1. The molecule has 4 amide bonds. The number of nitrogens with one attached hydrogen (secondary N) is 3. The van der Waals surface area contributed by atoms with Crippen molar-refractivity contribution in [2.75, 3.05) is 18.4 Å². The minimum absolute atomic E-state index is 0.105. The lowest BCUT2D eigenvalue weighted by Crippen LogP contribution is -2.52. The Kier molecular flexibility index (Phi) is 6.04. The normalized spacial score (nSPS) is 16.3. The molecular weight excluding hydrogens is 344 g/mol. The molecule has 3 N–H and O–H groups in total. The molecule has 1 aliphatic rings. The minimum Gasteiger partial charge on any atom is -0.326 e. The van der Waals surface area contributed by atoms with Crippen LogP contribution < -0.4 is 16.2 Å². The highest BCUT2D eigenvalue weighted by Gasteiger charge is 2.28. The number of hydrogen-bond acceptors (Lipinski definition) is 3. The smallest absolute Gasteiger partial charge is 0.326 e. The molecule has 0 unspecified atom stereocenters. The molecule has 0 radical (unpaired) electrons. The first-order valence-corrected chi connectivity index (χ1v) is 8.89. The first-order valence-electron chi connectivity index (χ1n) is 8.89. The van der Waals surface area contributed by atoms with E-state index in [0.717, 1.165) is 18.5 Å². The number of hydrogen-bond donors (Lipinski definition) is 3. The highest BCUT2D eigenvalue weighted by Crippen LogP contribution is 2.18. The summed E-state index contributed by atoms with van der Waals surface area (Å²) in [6, 6.07) is 17.4. The van der Waals surface area contributed by atoms with Crippen molar-refractivity contribution in [2.24, 2.45) is 5.92 Å². The highest BCUT2D eigenvalue weighted by atomic mass is 16.2. The number of rotatable bonds is 3. The van der Waals surface area contributed by atoms with Crippen molar-refractivity contribution < 1.29 is 14.4 Å². The van der Waals surface area contributed by atoms with Gasteiger partial charge in [-0.2, -0.15) is 0 Å². The lowest BCUT2D eigenvalue weighted by molar-refractivity contribution is -0.121. The predicted octanol–water partition coefficient (Wildman–Crippen LogP) is 2.39. The van der Waals surface area contributed by atoms with Gasteiger partial charge >= 0.3 is 6.03 Å². The summed E-state index contributed by atoms with van der Waals surface area (Å²) in [5.74, 6) is -0.777. The lowest BCUT2D eigenvalue weighted by atomic mass is 9.97. The third-order valence-electron chi connectivity index (χ3n) is 4.44. The summed E-state index contributed by atoms with van der Waals surface area (Å²) in [5, 5.41) is 2.88. The van der Waals surface area contributed by atoms with E-state index in [1.807, 2.05) is 36.4 Å². The number of benzene rings is 2. The second kappa shape index (κ2) is 8.84. The summed E-state index contributed by atoms with van der Waals surface area (Å²) >= 11 is 0. The van der Waals surface area contributed by atoms with E-state index >= 15 is 0 Å². The molecule has 1 atom stereocenters. The number of carbonyl (C=O) groups is 3. The van der Waals surface area contributed by atoms with Crippen LogP contribution in [0.3, 0.4) is 0 Å². The van der Waals surface area contributed by atoms with E-state index in [4.69, 9.17) is 0 Å². The van der Waals surface area contributed by atoms with Gasteiger partial charge in [-0.1, -0.05) is 36.4 Å². The van der Waals surface area contributed by atoms with Crippen molar-refractivity contribution >= 4 is 23.5 Å². The Bertz CT molecular complexity index is 795. The summed E-state index contributed by atoms with van der Waals surface area (Å²) in [5.41, 5.74) is 6.01. The maximum absolute atomic E-state index is 12.4. The highest BCUT2D eigenvalue weighted by molar-refractivity contribution is 5.95. The largest absolute Gasteiger partial charge is 0.336 e. The molecule has 3 rings (SSSR count). The fourth-order valence-electron chi connectivity index (χ4n) is 2.99. The quantitative estimate of drug-likeness (QED) is 0.729. The summed E-state index contributed by atoms with van der Waals surface area (Å²) in [4.78, 5) is 38.3. The Hall–Kier alpha value is -3.35. The number of carbonyl (C=O) groups excluding carboxylic acids is 3. The summed E-state index contributed by atoms with van der Waals surface area (Å²) < 4.78 is 0. The van der Waals surface area contributed by atoms with E-state index in [-0.39, 0.29) is 17.7 Å². The van der Waals surface area contributed by atoms with Crippen LogP contribution in [0, 0.1) is 5.92 Å². The van der Waals surface area contributed by atoms with Gasteiger partial charge in [0.1, 0.15) is 0 Å². The van der Waals surface area contributed by atoms with Gasteiger partial charge in [0, 0.05) is 24.3 Å². The van der Waals surface area contributed by atoms with E-state index < -0.39 is 6.03 Å². The van der Waals surface area contributed by atoms with Crippen LogP contribution in [-0.2, 0) is 4.79 Å². The zero-order valence-electron chi connectivity index (χ0n) is 14.9. The molecule has 7 nitrogen and oxygen atoms in total. The van der Waals surface area contributed by atoms with Crippen LogP contribution in [0.5, 0.6) is 0 Å². The van der Waals surface area contributed by atoms with Gasteiger partial charge in [0.2, 0.25) is 5.91 Å². The molecule has 27 heavy (non-hydrogen) atoms. The van der Waals surface area contributed by atoms with Gasteiger partial charge in [-0.15, -0.1) is 0 Å². The second-order valence-corrected chi connectivity index (χ2v) is 6.39.